The third kappa shape index (κ3) is 2.29. The van der Waals surface area contributed by atoms with Crippen LogP contribution in [0.3, 0.4) is 0 Å². The fourth-order valence-corrected chi connectivity index (χ4v) is 4.06. The van der Waals surface area contributed by atoms with Crippen LogP contribution in [0.2, 0.25) is 0 Å². The SMILES string of the molecule is CCOC1(c2nc([C@H]3CN4CCN3CC4)no2)CCCC1. The van der Waals surface area contributed by atoms with Gasteiger partial charge in [-0.05, 0) is 32.6 Å². The topological polar surface area (TPSA) is 54.6 Å². The Balaban J connectivity index is 1.58. The van der Waals surface area contributed by atoms with Crippen LogP contribution in [0.15, 0.2) is 4.52 Å². The average molecular weight is 292 g/mol. The van der Waals surface area contributed by atoms with Gasteiger partial charge in [-0.15, -0.1) is 0 Å². The highest BCUT2D eigenvalue weighted by Crippen LogP contribution is 2.42. The van der Waals surface area contributed by atoms with Gasteiger partial charge in [0.1, 0.15) is 5.60 Å². The summed E-state index contributed by atoms with van der Waals surface area (Å²) in [6.07, 6.45) is 4.37. The third-order valence-electron chi connectivity index (χ3n) is 5.24. The van der Waals surface area contributed by atoms with Crippen LogP contribution in [0.1, 0.15) is 50.4 Å². The Bertz CT molecular complexity index is 490. The van der Waals surface area contributed by atoms with Crippen LogP contribution < -0.4 is 0 Å². The molecule has 0 radical (unpaired) electrons. The Morgan fingerprint density at radius 3 is 2.62 bits per heavy atom. The van der Waals surface area contributed by atoms with Gasteiger partial charge in [-0.2, -0.15) is 4.98 Å². The molecule has 0 amide bonds. The summed E-state index contributed by atoms with van der Waals surface area (Å²) >= 11 is 0. The van der Waals surface area contributed by atoms with Crippen molar-refractivity contribution in [1.29, 1.82) is 0 Å². The summed E-state index contributed by atoms with van der Waals surface area (Å²) < 4.78 is 11.7. The second-order valence-corrected chi connectivity index (χ2v) is 6.44. The first-order valence-electron chi connectivity index (χ1n) is 8.25. The minimum absolute atomic E-state index is 0.296. The zero-order chi connectivity index (χ0) is 14.3. The Labute approximate surface area is 125 Å². The average Bonchev–Trinajstić information content (AvgIpc) is 3.18. The van der Waals surface area contributed by atoms with E-state index in [2.05, 4.69) is 15.0 Å². The van der Waals surface area contributed by atoms with Crippen molar-refractivity contribution in [2.75, 3.05) is 39.3 Å². The van der Waals surface area contributed by atoms with E-state index in [1.165, 1.54) is 25.9 Å². The lowest BCUT2D eigenvalue weighted by molar-refractivity contribution is -0.0610. The number of hydrogen-bond donors (Lipinski definition) is 0. The van der Waals surface area contributed by atoms with Gasteiger partial charge >= 0.3 is 0 Å². The highest BCUT2D eigenvalue weighted by molar-refractivity contribution is 5.07. The quantitative estimate of drug-likeness (QED) is 0.839. The van der Waals surface area contributed by atoms with Gasteiger partial charge in [0.2, 0.25) is 0 Å². The molecule has 0 spiro atoms. The number of aromatic nitrogens is 2. The number of nitrogens with zero attached hydrogens (tertiary/aromatic N) is 4. The van der Waals surface area contributed by atoms with Crippen LogP contribution in [-0.2, 0) is 10.3 Å². The van der Waals surface area contributed by atoms with Gasteiger partial charge in [0.15, 0.2) is 5.82 Å². The van der Waals surface area contributed by atoms with Gasteiger partial charge in [0.25, 0.3) is 5.89 Å². The number of hydrogen-bond acceptors (Lipinski definition) is 6. The van der Waals surface area contributed by atoms with Gasteiger partial charge in [0, 0.05) is 39.3 Å². The van der Waals surface area contributed by atoms with Crippen molar-refractivity contribution < 1.29 is 9.26 Å². The Morgan fingerprint density at radius 2 is 2.00 bits per heavy atom. The van der Waals surface area contributed by atoms with Crippen LogP contribution in [0.5, 0.6) is 0 Å². The van der Waals surface area contributed by atoms with Gasteiger partial charge < -0.3 is 9.26 Å². The molecule has 2 bridgehead atoms. The molecule has 0 aromatic carbocycles. The molecule has 4 fully saturated rings. The van der Waals surface area contributed by atoms with Gasteiger partial charge in [0.05, 0.1) is 6.04 Å². The molecule has 1 saturated carbocycles. The lowest BCUT2D eigenvalue weighted by atomic mass is 10.0. The molecule has 1 aromatic rings. The lowest BCUT2D eigenvalue weighted by Crippen LogP contribution is -2.57. The third-order valence-corrected chi connectivity index (χ3v) is 5.24. The predicted octanol–water partition coefficient (Wildman–Crippen LogP) is 1.55. The molecule has 116 valence electrons. The van der Waals surface area contributed by atoms with Crippen LogP contribution in [-0.4, -0.2) is 59.3 Å². The van der Waals surface area contributed by atoms with Gasteiger partial charge in [-0.1, -0.05) is 5.16 Å². The molecule has 1 aromatic heterocycles. The normalized spacial score (nSPS) is 34.4. The molecule has 21 heavy (non-hydrogen) atoms. The standard InChI is InChI=1S/C15H24N4O2/c1-2-20-15(5-3-4-6-15)14-16-13(17-21-14)12-11-18-7-9-19(12)10-8-18/h12H,2-11H2,1H3/t12-/m1/s1. The van der Waals surface area contributed by atoms with Crippen molar-refractivity contribution in [1.82, 2.24) is 19.9 Å². The summed E-state index contributed by atoms with van der Waals surface area (Å²) in [6.45, 7) is 8.34. The van der Waals surface area contributed by atoms with Crippen molar-refractivity contribution >= 4 is 0 Å². The van der Waals surface area contributed by atoms with E-state index in [0.29, 0.717) is 18.5 Å². The van der Waals surface area contributed by atoms with E-state index < -0.39 is 0 Å². The smallest absolute Gasteiger partial charge is 0.258 e. The number of fused-ring (bicyclic) bond motifs is 3. The van der Waals surface area contributed by atoms with Crippen LogP contribution in [0.25, 0.3) is 0 Å². The highest BCUT2D eigenvalue weighted by atomic mass is 16.5. The van der Waals surface area contributed by atoms with Crippen molar-refractivity contribution in [2.45, 2.75) is 44.2 Å². The first kappa shape index (κ1) is 13.7. The molecule has 3 aliphatic heterocycles. The summed E-state index contributed by atoms with van der Waals surface area (Å²) in [5, 5.41) is 4.30. The van der Waals surface area contributed by atoms with Crippen molar-refractivity contribution in [3.63, 3.8) is 0 Å². The fraction of sp³-hybridized carbons (Fsp3) is 0.867. The molecule has 3 saturated heterocycles. The maximum atomic E-state index is 6.02. The summed E-state index contributed by atoms with van der Waals surface area (Å²) in [6, 6.07) is 0.296. The Hall–Kier alpha value is -0.980. The number of piperazine rings is 3. The fourth-order valence-electron chi connectivity index (χ4n) is 4.06. The van der Waals surface area contributed by atoms with Gasteiger partial charge in [-0.25, -0.2) is 0 Å². The largest absolute Gasteiger partial charge is 0.365 e. The second kappa shape index (κ2) is 5.34. The predicted molar refractivity (Wildman–Crippen MR) is 76.8 cm³/mol. The Morgan fingerprint density at radius 1 is 1.24 bits per heavy atom. The van der Waals surface area contributed by atoms with Crippen molar-refractivity contribution in [3.05, 3.63) is 11.7 Å². The van der Waals surface area contributed by atoms with Crippen molar-refractivity contribution in [2.24, 2.45) is 0 Å². The summed E-state index contributed by atoms with van der Waals surface area (Å²) in [4.78, 5) is 9.73. The molecular weight excluding hydrogens is 268 g/mol. The maximum Gasteiger partial charge on any atom is 0.258 e. The zero-order valence-corrected chi connectivity index (χ0v) is 12.8. The summed E-state index contributed by atoms with van der Waals surface area (Å²) in [5.41, 5.74) is -0.316. The number of rotatable bonds is 4. The molecule has 1 aliphatic carbocycles. The van der Waals surface area contributed by atoms with E-state index in [-0.39, 0.29) is 5.60 Å². The van der Waals surface area contributed by atoms with E-state index >= 15 is 0 Å². The lowest BCUT2D eigenvalue weighted by Gasteiger charge is -2.46. The minimum Gasteiger partial charge on any atom is -0.365 e. The maximum absolute atomic E-state index is 6.02. The molecule has 5 rings (SSSR count). The van der Waals surface area contributed by atoms with E-state index in [1.807, 2.05) is 6.92 Å². The molecule has 0 unspecified atom stereocenters. The number of ether oxygens (including phenoxy) is 1. The minimum atomic E-state index is -0.316. The molecule has 6 heteroatoms. The van der Waals surface area contributed by atoms with E-state index in [9.17, 15) is 0 Å². The first-order chi connectivity index (χ1) is 10.3. The van der Waals surface area contributed by atoms with Crippen LogP contribution in [0, 0.1) is 0 Å². The summed E-state index contributed by atoms with van der Waals surface area (Å²) in [5.74, 6) is 1.55. The van der Waals surface area contributed by atoms with E-state index in [0.717, 1.165) is 38.3 Å². The van der Waals surface area contributed by atoms with Crippen molar-refractivity contribution in [3.8, 4) is 0 Å². The first-order valence-corrected chi connectivity index (χ1v) is 8.25. The second-order valence-electron chi connectivity index (χ2n) is 6.44. The van der Waals surface area contributed by atoms with Crippen LogP contribution in [0.4, 0.5) is 0 Å². The summed E-state index contributed by atoms with van der Waals surface area (Å²) in [7, 11) is 0. The van der Waals surface area contributed by atoms with E-state index in [4.69, 9.17) is 14.2 Å². The molecular formula is C15H24N4O2. The molecule has 0 N–H and O–H groups in total. The van der Waals surface area contributed by atoms with E-state index in [1.54, 1.807) is 0 Å². The molecule has 1 atom stereocenters. The Kier molecular flexibility index (Phi) is 3.47. The van der Waals surface area contributed by atoms with Gasteiger partial charge in [-0.3, -0.25) is 9.80 Å². The zero-order valence-electron chi connectivity index (χ0n) is 12.8. The monoisotopic (exact) mass is 292 g/mol. The molecule has 4 heterocycles. The molecule has 4 aliphatic rings. The molecule has 6 nitrogen and oxygen atoms in total. The van der Waals surface area contributed by atoms with Crippen LogP contribution >= 0.6 is 0 Å². The highest BCUT2D eigenvalue weighted by Gasteiger charge is 2.43.